The van der Waals surface area contributed by atoms with E-state index in [1.807, 2.05) is 0 Å². The molecule has 92 valence electrons. The summed E-state index contributed by atoms with van der Waals surface area (Å²) >= 11 is 0. The van der Waals surface area contributed by atoms with Crippen molar-refractivity contribution in [1.29, 1.82) is 0 Å². The lowest BCUT2D eigenvalue weighted by Gasteiger charge is -2.01. The summed E-state index contributed by atoms with van der Waals surface area (Å²) in [6, 6.07) is 1.67. The molecule has 0 unspecified atom stereocenters. The molecule has 1 aromatic carbocycles. The Balaban J connectivity index is 3.57. The van der Waals surface area contributed by atoms with Crippen LogP contribution in [0.25, 0.3) is 10.4 Å². The van der Waals surface area contributed by atoms with Gasteiger partial charge in [-0.25, -0.2) is 0 Å². The highest BCUT2D eigenvalue weighted by molar-refractivity contribution is 5.96. The highest BCUT2D eigenvalue weighted by atomic mass is 16.6. The summed E-state index contributed by atoms with van der Waals surface area (Å²) in [7, 11) is 0. The molecule has 0 bridgehead atoms. The number of carbonyl (C=O) groups excluding carboxylic acids is 1. The van der Waals surface area contributed by atoms with Crippen LogP contribution < -0.4 is 0 Å². The van der Waals surface area contributed by atoms with Gasteiger partial charge in [0.05, 0.1) is 9.85 Å². The fourth-order valence-electron chi connectivity index (χ4n) is 1.29. The summed E-state index contributed by atoms with van der Waals surface area (Å²) in [5.41, 5.74) is 6.33. The smallest absolute Gasteiger partial charge is 0.279 e. The predicted molar refractivity (Wildman–Crippen MR) is 58.0 cm³/mol. The Morgan fingerprint density at radius 2 is 1.72 bits per heavy atom. The third-order valence-electron chi connectivity index (χ3n) is 2.13. The number of hydrogen-bond donors (Lipinski definition) is 0. The highest BCUT2D eigenvalue weighted by Crippen LogP contribution is 2.29. The van der Waals surface area contributed by atoms with Crippen molar-refractivity contribution in [3.05, 3.63) is 53.9 Å². The van der Waals surface area contributed by atoms with E-state index >= 15 is 0 Å². The number of rotatable bonds is 3. The van der Waals surface area contributed by atoms with Gasteiger partial charge in [-0.05, 0) is 17.6 Å². The number of hydrogen-bond acceptors (Lipinski definition) is 5. The second-order valence-electron chi connectivity index (χ2n) is 3.15. The third-order valence-corrected chi connectivity index (χ3v) is 2.13. The lowest BCUT2D eigenvalue weighted by Crippen LogP contribution is -2.02. The Labute approximate surface area is 98.8 Å². The number of nitrogens with zero attached hydrogens (tertiary/aromatic N) is 5. The van der Waals surface area contributed by atoms with Crippen LogP contribution in [-0.2, 0) is 0 Å². The fourth-order valence-corrected chi connectivity index (χ4v) is 1.29. The minimum atomic E-state index is -1.12. The van der Waals surface area contributed by atoms with Crippen LogP contribution in [0, 0.1) is 27.2 Å². The van der Waals surface area contributed by atoms with Gasteiger partial charge in [-0.2, -0.15) is 0 Å². The largest absolute Gasteiger partial charge is 0.287 e. The minimum Gasteiger partial charge on any atom is -0.287 e. The lowest BCUT2D eigenvalue weighted by atomic mass is 10.1. The first-order valence-electron chi connectivity index (χ1n) is 4.41. The number of benzene rings is 1. The van der Waals surface area contributed by atoms with Gasteiger partial charge < -0.3 is 0 Å². The molecule has 0 aliphatic rings. The van der Waals surface area contributed by atoms with Gasteiger partial charge in [-0.1, -0.05) is 0 Å². The van der Waals surface area contributed by atoms with Gasteiger partial charge in [0.2, 0.25) is 5.91 Å². The van der Waals surface area contributed by atoms with E-state index in [1.165, 1.54) is 6.92 Å². The molecule has 0 saturated carbocycles. The van der Waals surface area contributed by atoms with Crippen LogP contribution in [0.5, 0.6) is 0 Å². The molecule has 0 atom stereocenters. The van der Waals surface area contributed by atoms with Gasteiger partial charge in [0, 0.05) is 22.6 Å². The van der Waals surface area contributed by atoms with Gasteiger partial charge in [0.15, 0.2) is 0 Å². The number of azide groups is 1. The second-order valence-corrected chi connectivity index (χ2v) is 3.15. The van der Waals surface area contributed by atoms with Gasteiger partial charge >= 0.3 is 0 Å². The molecule has 0 aliphatic carbocycles. The average Bonchev–Trinajstić information content (AvgIpc) is 2.28. The van der Waals surface area contributed by atoms with E-state index in [9.17, 15) is 25.0 Å². The Morgan fingerprint density at radius 3 is 2.06 bits per heavy atom. The van der Waals surface area contributed by atoms with Crippen LogP contribution in [0.1, 0.15) is 15.9 Å². The van der Waals surface area contributed by atoms with E-state index < -0.39 is 32.7 Å². The highest BCUT2D eigenvalue weighted by Gasteiger charge is 2.24. The number of carbonyl (C=O) groups is 1. The van der Waals surface area contributed by atoms with Crippen LogP contribution in [-0.4, -0.2) is 15.8 Å². The standard InChI is InChI=1S/C8H5N5O5/c1-4-6(12(15)16)2-5(8(14)10-11-9)3-7(4)13(17)18/h2-3H,1H3. The van der Waals surface area contributed by atoms with Crippen LogP contribution >= 0.6 is 0 Å². The molecule has 0 N–H and O–H groups in total. The van der Waals surface area contributed by atoms with E-state index in [2.05, 4.69) is 10.0 Å². The van der Waals surface area contributed by atoms with Gasteiger partial charge in [0.25, 0.3) is 11.4 Å². The van der Waals surface area contributed by atoms with Crippen molar-refractivity contribution in [2.45, 2.75) is 6.92 Å². The third kappa shape index (κ3) is 2.39. The SMILES string of the molecule is Cc1c([N+](=O)[O-])cc(C(=O)N=[N+]=[N-])cc1[N+](=O)[O-]. The van der Waals surface area contributed by atoms with E-state index in [0.717, 1.165) is 12.1 Å². The molecule has 0 radical (unpaired) electrons. The summed E-state index contributed by atoms with van der Waals surface area (Å²) in [6.45, 7) is 1.19. The molecule has 0 spiro atoms. The zero-order chi connectivity index (χ0) is 13.9. The quantitative estimate of drug-likeness (QED) is 0.265. The zero-order valence-electron chi connectivity index (χ0n) is 8.93. The minimum absolute atomic E-state index is 0.178. The van der Waals surface area contributed by atoms with E-state index in [4.69, 9.17) is 5.53 Å². The Morgan fingerprint density at radius 1 is 1.28 bits per heavy atom. The van der Waals surface area contributed by atoms with Crippen molar-refractivity contribution in [2.75, 3.05) is 0 Å². The molecule has 0 saturated heterocycles. The first-order chi connectivity index (χ1) is 8.38. The van der Waals surface area contributed by atoms with E-state index in [1.54, 1.807) is 0 Å². The molecule has 1 amide bonds. The number of amides is 1. The topological polar surface area (TPSA) is 152 Å². The van der Waals surface area contributed by atoms with Crippen LogP contribution in [0.3, 0.4) is 0 Å². The Kier molecular flexibility index (Phi) is 3.55. The van der Waals surface area contributed by atoms with Crippen LogP contribution in [0.15, 0.2) is 17.2 Å². The van der Waals surface area contributed by atoms with E-state index in [-0.39, 0.29) is 5.56 Å². The molecule has 10 heteroatoms. The van der Waals surface area contributed by atoms with Gasteiger partial charge in [-0.15, -0.1) is 0 Å². The maximum atomic E-state index is 11.2. The predicted octanol–water partition coefficient (Wildman–Crippen LogP) is 2.26. The monoisotopic (exact) mass is 251 g/mol. The van der Waals surface area contributed by atoms with Crippen molar-refractivity contribution in [3.8, 4) is 0 Å². The van der Waals surface area contributed by atoms with Crippen LogP contribution in [0.4, 0.5) is 11.4 Å². The molecule has 18 heavy (non-hydrogen) atoms. The maximum absolute atomic E-state index is 11.2. The summed E-state index contributed by atoms with van der Waals surface area (Å²) in [5.74, 6) is -1.12. The molecule has 0 heterocycles. The van der Waals surface area contributed by atoms with Crippen molar-refractivity contribution >= 4 is 17.3 Å². The average molecular weight is 251 g/mol. The molecule has 1 aromatic rings. The molecule has 0 fully saturated rings. The number of nitro benzene ring substituents is 2. The summed E-state index contributed by atoms with van der Waals surface area (Å²) < 4.78 is 0. The van der Waals surface area contributed by atoms with E-state index in [0.29, 0.717) is 0 Å². The molecule has 0 aromatic heterocycles. The van der Waals surface area contributed by atoms with Gasteiger partial charge in [0.1, 0.15) is 5.56 Å². The van der Waals surface area contributed by atoms with Crippen LogP contribution in [0.2, 0.25) is 0 Å². The summed E-state index contributed by atoms with van der Waals surface area (Å²) in [4.78, 5) is 33.2. The Bertz CT molecular complexity index is 569. The molecule has 10 nitrogen and oxygen atoms in total. The maximum Gasteiger partial charge on any atom is 0.279 e. The van der Waals surface area contributed by atoms with Crippen molar-refractivity contribution in [3.63, 3.8) is 0 Å². The molecule has 1 rings (SSSR count). The number of nitro groups is 2. The second kappa shape index (κ2) is 4.89. The summed E-state index contributed by atoms with van der Waals surface area (Å²) in [5, 5.41) is 24.1. The molecular weight excluding hydrogens is 246 g/mol. The Hall–Kier alpha value is -3.00. The summed E-state index contributed by atoms with van der Waals surface area (Å²) in [6.07, 6.45) is 0. The van der Waals surface area contributed by atoms with Crippen molar-refractivity contribution in [2.24, 2.45) is 5.11 Å². The first-order valence-corrected chi connectivity index (χ1v) is 4.41. The normalized spacial score (nSPS) is 9.39. The molecular formula is C8H5N5O5. The fraction of sp³-hybridized carbons (Fsp3) is 0.125. The van der Waals surface area contributed by atoms with Crippen molar-refractivity contribution in [1.82, 2.24) is 0 Å². The first kappa shape index (κ1) is 13.1. The lowest BCUT2D eigenvalue weighted by molar-refractivity contribution is -0.395. The van der Waals surface area contributed by atoms with Crippen molar-refractivity contribution < 1.29 is 14.6 Å². The van der Waals surface area contributed by atoms with Gasteiger partial charge in [-0.3, -0.25) is 25.0 Å². The zero-order valence-corrected chi connectivity index (χ0v) is 8.93. The molecule has 0 aliphatic heterocycles.